The largest absolute Gasteiger partial charge is 0.266 e. The maximum atomic E-state index is 13.0. The first kappa shape index (κ1) is 17.1. The molecule has 0 aromatic heterocycles. The molecule has 0 radical (unpaired) electrons. The van der Waals surface area contributed by atoms with E-state index in [9.17, 15) is 8.42 Å². The Kier molecular flexibility index (Phi) is 5.05. The summed E-state index contributed by atoms with van der Waals surface area (Å²) in [5, 5.41) is 0.495. The molecule has 22 heavy (non-hydrogen) atoms. The minimum atomic E-state index is -3.79. The van der Waals surface area contributed by atoms with Gasteiger partial charge in [0, 0.05) is 11.6 Å². The minimum Gasteiger partial charge on any atom is -0.266 e. The van der Waals surface area contributed by atoms with Gasteiger partial charge in [0.25, 0.3) is 10.0 Å². The Balaban J connectivity index is 2.67. The molecule has 6 heteroatoms. The number of sulfonamides is 1. The van der Waals surface area contributed by atoms with Gasteiger partial charge in [-0.3, -0.25) is 4.31 Å². The van der Waals surface area contributed by atoms with Crippen molar-refractivity contribution >= 4 is 38.9 Å². The van der Waals surface area contributed by atoms with E-state index >= 15 is 0 Å². The standard InChI is InChI=1S/C16H17Cl2NO2S/c1-4-19(16-11(2)6-5-7-12(16)3)22(20,21)15-10-13(17)8-9-14(15)18/h5-10H,4H2,1-3H3. The molecule has 2 aromatic carbocycles. The molecule has 2 rings (SSSR count). The SMILES string of the molecule is CCN(c1c(C)cccc1C)S(=O)(=O)c1cc(Cl)ccc1Cl. The fourth-order valence-electron chi connectivity index (χ4n) is 2.44. The minimum absolute atomic E-state index is 0.0196. The predicted octanol–water partition coefficient (Wildman–Crippen LogP) is 4.83. The van der Waals surface area contributed by atoms with E-state index in [1.54, 1.807) is 13.0 Å². The number of benzene rings is 2. The lowest BCUT2D eigenvalue weighted by atomic mass is 10.1. The lowest BCUT2D eigenvalue weighted by molar-refractivity contribution is 0.591. The topological polar surface area (TPSA) is 37.4 Å². The predicted molar refractivity (Wildman–Crippen MR) is 92.6 cm³/mol. The molecule has 0 saturated heterocycles. The van der Waals surface area contributed by atoms with Gasteiger partial charge in [0.2, 0.25) is 0 Å². The monoisotopic (exact) mass is 357 g/mol. The molecule has 0 bridgehead atoms. The van der Waals surface area contributed by atoms with Crippen LogP contribution in [0.5, 0.6) is 0 Å². The van der Waals surface area contributed by atoms with Crippen LogP contribution in [0.2, 0.25) is 10.0 Å². The Morgan fingerprint density at radius 3 is 2.18 bits per heavy atom. The van der Waals surface area contributed by atoms with Crippen LogP contribution in [0, 0.1) is 13.8 Å². The van der Waals surface area contributed by atoms with Crippen molar-refractivity contribution in [3.8, 4) is 0 Å². The maximum absolute atomic E-state index is 13.0. The van der Waals surface area contributed by atoms with Crippen LogP contribution in [0.4, 0.5) is 5.69 Å². The summed E-state index contributed by atoms with van der Waals surface area (Å²) in [4.78, 5) is 0.0196. The van der Waals surface area contributed by atoms with E-state index in [0.29, 0.717) is 17.3 Å². The normalized spacial score (nSPS) is 11.5. The van der Waals surface area contributed by atoms with Gasteiger partial charge >= 0.3 is 0 Å². The van der Waals surface area contributed by atoms with Crippen LogP contribution >= 0.6 is 23.2 Å². The summed E-state index contributed by atoms with van der Waals surface area (Å²) in [5.74, 6) is 0. The summed E-state index contributed by atoms with van der Waals surface area (Å²) in [5.41, 5.74) is 2.47. The first-order valence-electron chi connectivity index (χ1n) is 6.83. The molecular weight excluding hydrogens is 341 g/mol. The van der Waals surface area contributed by atoms with Gasteiger partial charge in [-0.15, -0.1) is 0 Å². The Hall–Kier alpha value is -1.23. The third kappa shape index (κ3) is 3.09. The smallest absolute Gasteiger partial charge is 0.265 e. The van der Waals surface area contributed by atoms with Gasteiger partial charge in [-0.2, -0.15) is 0 Å². The van der Waals surface area contributed by atoms with E-state index in [2.05, 4.69) is 0 Å². The molecule has 0 spiro atoms. The number of hydrogen-bond acceptors (Lipinski definition) is 2. The Bertz CT molecular complexity index is 784. The van der Waals surface area contributed by atoms with Crippen molar-refractivity contribution in [2.75, 3.05) is 10.8 Å². The molecule has 0 saturated carbocycles. The summed E-state index contributed by atoms with van der Waals surface area (Å²) < 4.78 is 27.4. The Labute approximate surface area is 141 Å². The maximum Gasteiger partial charge on any atom is 0.265 e. The summed E-state index contributed by atoms with van der Waals surface area (Å²) in [6.07, 6.45) is 0. The molecule has 0 amide bonds. The van der Waals surface area contributed by atoms with Gasteiger partial charge < -0.3 is 0 Å². The number of nitrogens with zero attached hydrogens (tertiary/aromatic N) is 1. The van der Waals surface area contributed by atoms with Crippen LogP contribution < -0.4 is 4.31 Å². The highest BCUT2D eigenvalue weighted by Gasteiger charge is 2.28. The van der Waals surface area contributed by atoms with E-state index in [4.69, 9.17) is 23.2 Å². The summed E-state index contributed by atoms with van der Waals surface area (Å²) in [6, 6.07) is 10.1. The van der Waals surface area contributed by atoms with Crippen molar-refractivity contribution in [1.82, 2.24) is 0 Å². The summed E-state index contributed by atoms with van der Waals surface area (Å²) >= 11 is 12.0. The molecule has 0 heterocycles. The Morgan fingerprint density at radius 2 is 1.64 bits per heavy atom. The second-order valence-corrected chi connectivity index (χ2v) is 7.66. The lowest BCUT2D eigenvalue weighted by Crippen LogP contribution is -2.32. The first-order chi connectivity index (χ1) is 10.3. The number of hydrogen-bond donors (Lipinski definition) is 0. The molecule has 3 nitrogen and oxygen atoms in total. The van der Waals surface area contributed by atoms with Crippen LogP contribution in [0.1, 0.15) is 18.1 Å². The van der Waals surface area contributed by atoms with E-state index in [0.717, 1.165) is 11.1 Å². The van der Waals surface area contributed by atoms with Gasteiger partial charge in [-0.25, -0.2) is 8.42 Å². The van der Waals surface area contributed by atoms with Gasteiger partial charge in [-0.05, 0) is 50.1 Å². The summed E-state index contributed by atoms with van der Waals surface area (Å²) in [7, 11) is -3.79. The zero-order valence-corrected chi connectivity index (χ0v) is 14.9. The number of aryl methyl sites for hydroxylation is 2. The molecule has 0 unspecified atom stereocenters. The molecule has 0 aliphatic heterocycles. The highest BCUT2D eigenvalue weighted by Crippen LogP contribution is 2.33. The van der Waals surface area contributed by atoms with Crippen molar-refractivity contribution < 1.29 is 8.42 Å². The fraction of sp³-hybridized carbons (Fsp3) is 0.250. The lowest BCUT2D eigenvalue weighted by Gasteiger charge is -2.26. The molecule has 0 aliphatic carbocycles. The second-order valence-electron chi connectivity index (χ2n) is 4.98. The van der Waals surface area contributed by atoms with Gasteiger partial charge in [-0.1, -0.05) is 41.4 Å². The van der Waals surface area contributed by atoms with Crippen molar-refractivity contribution in [2.24, 2.45) is 0 Å². The highest BCUT2D eigenvalue weighted by molar-refractivity contribution is 7.93. The third-order valence-corrected chi connectivity index (χ3v) is 6.03. The number of rotatable bonds is 4. The van der Waals surface area contributed by atoms with Crippen LogP contribution in [0.15, 0.2) is 41.3 Å². The third-order valence-electron chi connectivity index (χ3n) is 3.44. The van der Waals surface area contributed by atoms with Gasteiger partial charge in [0.1, 0.15) is 4.90 Å². The number of halogens is 2. The Morgan fingerprint density at radius 1 is 1.05 bits per heavy atom. The molecule has 0 atom stereocenters. The average molecular weight is 358 g/mol. The van der Waals surface area contributed by atoms with Crippen LogP contribution in [-0.2, 0) is 10.0 Å². The molecule has 2 aromatic rings. The number of anilines is 1. The van der Waals surface area contributed by atoms with Crippen molar-refractivity contribution in [2.45, 2.75) is 25.7 Å². The van der Waals surface area contributed by atoms with E-state index in [1.807, 2.05) is 32.0 Å². The molecule has 0 aliphatic rings. The number of para-hydroxylation sites is 1. The average Bonchev–Trinajstić information content (AvgIpc) is 2.45. The molecule has 0 fully saturated rings. The van der Waals surface area contributed by atoms with E-state index in [1.165, 1.54) is 16.4 Å². The van der Waals surface area contributed by atoms with Crippen molar-refractivity contribution in [3.63, 3.8) is 0 Å². The van der Waals surface area contributed by atoms with Crippen LogP contribution in [0.25, 0.3) is 0 Å². The van der Waals surface area contributed by atoms with E-state index < -0.39 is 10.0 Å². The zero-order valence-electron chi connectivity index (χ0n) is 12.6. The second kappa shape index (κ2) is 6.49. The van der Waals surface area contributed by atoms with E-state index in [-0.39, 0.29) is 9.92 Å². The fourth-order valence-corrected chi connectivity index (χ4v) is 4.78. The molecular formula is C16H17Cl2NO2S. The molecule has 0 N–H and O–H groups in total. The van der Waals surface area contributed by atoms with Crippen molar-refractivity contribution in [1.29, 1.82) is 0 Å². The molecule has 118 valence electrons. The highest BCUT2D eigenvalue weighted by atomic mass is 35.5. The van der Waals surface area contributed by atoms with Gasteiger partial charge in [0.05, 0.1) is 10.7 Å². The van der Waals surface area contributed by atoms with Crippen LogP contribution in [0.3, 0.4) is 0 Å². The summed E-state index contributed by atoms with van der Waals surface area (Å²) in [6.45, 7) is 5.87. The van der Waals surface area contributed by atoms with Crippen LogP contribution in [-0.4, -0.2) is 15.0 Å². The quantitative estimate of drug-likeness (QED) is 0.785. The zero-order chi connectivity index (χ0) is 16.5. The van der Waals surface area contributed by atoms with Gasteiger partial charge in [0.15, 0.2) is 0 Å². The van der Waals surface area contributed by atoms with Crippen molar-refractivity contribution in [3.05, 3.63) is 57.6 Å². The first-order valence-corrected chi connectivity index (χ1v) is 9.02.